The average molecular weight is 269 g/mol. The fraction of sp³-hybridized carbons (Fsp3) is 0.462. The second kappa shape index (κ2) is 4.52. The van der Waals surface area contributed by atoms with Crippen LogP contribution in [0.5, 0.6) is 0 Å². The average Bonchev–Trinajstić information content (AvgIpc) is 3.10. The second-order valence-corrected chi connectivity index (χ2v) is 4.87. The number of rotatable bonds is 4. The second-order valence-electron chi connectivity index (χ2n) is 4.87. The number of nitrogens with one attached hydrogen (secondary N) is 1. The van der Waals surface area contributed by atoms with Gasteiger partial charge in [-0.1, -0.05) is 12.1 Å². The number of hydrogen-bond donors (Lipinski definition) is 1. The van der Waals surface area contributed by atoms with Crippen molar-refractivity contribution in [3.63, 3.8) is 0 Å². The van der Waals surface area contributed by atoms with E-state index in [0.29, 0.717) is 29.4 Å². The molecule has 6 heteroatoms. The zero-order valence-electron chi connectivity index (χ0n) is 10.2. The standard InChI is InChI=1S/C13H14F3N3/c14-13(15,16)8-19-11-4-2-1-3-10(11)18-12(19)7-17-9-5-6-9/h1-4,9,17H,5-8H2. The summed E-state index contributed by atoms with van der Waals surface area (Å²) < 4.78 is 39.3. The minimum Gasteiger partial charge on any atom is -0.318 e. The van der Waals surface area contributed by atoms with E-state index in [9.17, 15) is 13.2 Å². The molecular formula is C13H14F3N3. The summed E-state index contributed by atoms with van der Waals surface area (Å²) in [6.07, 6.45) is -2.04. The van der Waals surface area contributed by atoms with Gasteiger partial charge in [0.05, 0.1) is 17.6 Å². The number of para-hydroxylation sites is 2. The number of nitrogens with zero attached hydrogens (tertiary/aromatic N) is 2. The third kappa shape index (κ3) is 2.89. The molecule has 0 radical (unpaired) electrons. The molecule has 1 fully saturated rings. The predicted molar refractivity (Wildman–Crippen MR) is 65.6 cm³/mol. The molecule has 3 rings (SSSR count). The first kappa shape index (κ1) is 12.5. The van der Waals surface area contributed by atoms with Gasteiger partial charge in [0.1, 0.15) is 12.4 Å². The molecule has 0 amide bonds. The monoisotopic (exact) mass is 269 g/mol. The Morgan fingerprint density at radius 1 is 1.26 bits per heavy atom. The molecule has 2 aromatic rings. The van der Waals surface area contributed by atoms with Gasteiger partial charge in [-0.2, -0.15) is 13.2 Å². The van der Waals surface area contributed by atoms with Crippen LogP contribution in [0, 0.1) is 0 Å². The number of aromatic nitrogens is 2. The van der Waals surface area contributed by atoms with Gasteiger partial charge < -0.3 is 9.88 Å². The van der Waals surface area contributed by atoms with Gasteiger partial charge in [0.2, 0.25) is 0 Å². The van der Waals surface area contributed by atoms with Gasteiger partial charge in [-0.25, -0.2) is 4.98 Å². The molecule has 0 aliphatic heterocycles. The Morgan fingerprint density at radius 2 is 2.00 bits per heavy atom. The fourth-order valence-corrected chi connectivity index (χ4v) is 2.14. The molecule has 1 aromatic carbocycles. The third-order valence-electron chi connectivity index (χ3n) is 3.20. The van der Waals surface area contributed by atoms with Gasteiger partial charge >= 0.3 is 6.18 Å². The van der Waals surface area contributed by atoms with Crippen molar-refractivity contribution in [2.24, 2.45) is 0 Å². The van der Waals surface area contributed by atoms with E-state index in [-0.39, 0.29) is 0 Å². The Kier molecular flexibility index (Phi) is 2.97. The van der Waals surface area contributed by atoms with Crippen LogP contribution in [0.4, 0.5) is 13.2 Å². The van der Waals surface area contributed by atoms with E-state index in [1.54, 1.807) is 24.3 Å². The summed E-state index contributed by atoms with van der Waals surface area (Å²) in [5.74, 6) is 0.449. The highest BCUT2D eigenvalue weighted by molar-refractivity contribution is 5.75. The Labute approximate surface area is 108 Å². The molecule has 1 N–H and O–H groups in total. The molecule has 0 saturated heterocycles. The van der Waals surface area contributed by atoms with Gasteiger partial charge in [0, 0.05) is 6.04 Å². The molecule has 1 aliphatic carbocycles. The highest BCUT2D eigenvalue weighted by Gasteiger charge is 2.30. The number of imidazole rings is 1. The van der Waals surface area contributed by atoms with E-state index in [4.69, 9.17) is 0 Å². The van der Waals surface area contributed by atoms with Crippen LogP contribution in [0.1, 0.15) is 18.7 Å². The van der Waals surface area contributed by atoms with Crippen molar-refractivity contribution in [2.45, 2.75) is 38.1 Å². The molecule has 1 aliphatic rings. The molecular weight excluding hydrogens is 255 g/mol. The minimum atomic E-state index is -4.24. The quantitative estimate of drug-likeness (QED) is 0.925. The summed E-state index contributed by atoms with van der Waals surface area (Å²) in [5, 5.41) is 3.21. The maximum atomic E-state index is 12.7. The van der Waals surface area contributed by atoms with Gasteiger partial charge in [-0.05, 0) is 25.0 Å². The van der Waals surface area contributed by atoms with Crippen molar-refractivity contribution in [1.29, 1.82) is 0 Å². The lowest BCUT2D eigenvalue weighted by molar-refractivity contribution is -0.140. The Bertz CT molecular complexity index is 584. The molecule has 1 heterocycles. The van der Waals surface area contributed by atoms with Crippen molar-refractivity contribution >= 4 is 11.0 Å². The van der Waals surface area contributed by atoms with Crippen LogP contribution in [0.15, 0.2) is 24.3 Å². The van der Waals surface area contributed by atoms with Crippen LogP contribution in [-0.2, 0) is 13.1 Å². The molecule has 1 saturated carbocycles. The summed E-state index contributed by atoms with van der Waals surface area (Å²) in [5.41, 5.74) is 1.15. The first-order valence-corrected chi connectivity index (χ1v) is 6.27. The smallest absolute Gasteiger partial charge is 0.318 e. The Morgan fingerprint density at radius 3 is 2.68 bits per heavy atom. The molecule has 19 heavy (non-hydrogen) atoms. The van der Waals surface area contributed by atoms with E-state index in [2.05, 4.69) is 10.3 Å². The predicted octanol–water partition coefficient (Wildman–Crippen LogP) is 2.85. The highest BCUT2D eigenvalue weighted by Crippen LogP contribution is 2.24. The molecule has 0 bridgehead atoms. The van der Waals surface area contributed by atoms with E-state index in [0.717, 1.165) is 12.8 Å². The number of hydrogen-bond acceptors (Lipinski definition) is 2. The summed E-state index contributed by atoms with van der Waals surface area (Å²) >= 11 is 0. The van der Waals surface area contributed by atoms with Gasteiger partial charge in [0.25, 0.3) is 0 Å². The van der Waals surface area contributed by atoms with Gasteiger partial charge in [-0.3, -0.25) is 0 Å². The maximum absolute atomic E-state index is 12.7. The lowest BCUT2D eigenvalue weighted by Gasteiger charge is -2.12. The zero-order chi connectivity index (χ0) is 13.5. The van der Waals surface area contributed by atoms with E-state index < -0.39 is 12.7 Å². The normalized spacial score (nSPS) is 16.2. The molecule has 1 aromatic heterocycles. The lowest BCUT2D eigenvalue weighted by atomic mass is 10.3. The Balaban J connectivity index is 1.95. The molecule has 102 valence electrons. The van der Waals surface area contributed by atoms with E-state index in [1.807, 2.05) is 0 Å². The fourth-order valence-electron chi connectivity index (χ4n) is 2.14. The first-order chi connectivity index (χ1) is 9.03. The largest absolute Gasteiger partial charge is 0.406 e. The van der Waals surface area contributed by atoms with Crippen molar-refractivity contribution in [3.05, 3.63) is 30.1 Å². The topological polar surface area (TPSA) is 29.9 Å². The van der Waals surface area contributed by atoms with E-state index in [1.165, 1.54) is 4.57 Å². The summed E-state index contributed by atoms with van der Waals surface area (Å²) in [7, 11) is 0. The van der Waals surface area contributed by atoms with Crippen molar-refractivity contribution in [3.8, 4) is 0 Å². The first-order valence-electron chi connectivity index (χ1n) is 6.27. The van der Waals surface area contributed by atoms with Crippen LogP contribution >= 0.6 is 0 Å². The summed E-state index contributed by atoms with van der Waals surface area (Å²) in [4.78, 5) is 4.30. The summed E-state index contributed by atoms with van der Waals surface area (Å²) in [6.45, 7) is -0.607. The van der Waals surface area contributed by atoms with Crippen LogP contribution in [0.25, 0.3) is 11.0 Å². The van der Waals surface area contributed by atoms with Crippen molar-refractivity contribution in [2.75, 3.05) is 0 Å². The number of fused-ring (bicyclic) bond motifs is 1. The number of benzene rings is 1. The SMILES string of the molecule is FC(F)(F)Cn1c(CNC2CC2)nc2ccccc21. The van der Waals surface area contributed by atoms with Gasteiger partial charge in [-0.15, -0.1) is 0 Å². The van der Waals surface area contributed by atoms with Crippen molar-refractivity contribution in [1.82, 2.24) is 14.9 Å². The maximum Gasteiger partial charge on any atom is 0.406 e. The third-order valence-corrected chi connectivity index (χ3v) is 3.20. The van der Waals surface area contributed by atoms with Crippen LogP contribution < -0.4 is 5.32 Å². The van der Waals surface area contributed by atoms with Crippen LogP contribution in [0.3, 0.4) is 0 Å². The number of alkyl halides is 3. The molecule has 0 spiro atoms. The minimum absolute atomic E-state index is 0.384. The van der Waals surface area contributed by atoms with E-state index >= 15 is 0 Å². The lowest BCUT2D eigenvalue weighted by Crippen LogP contribution is -2.23. The van der Waals surface area contributed by atoms with Crippen LogP contribution in [0.2, 0.25) is 0 Å². The summed E-state index contributed by atoms with van der Waals surface area (Å²) in [6, 6.07) is 7.37. The number of halogens is 3. The Hall–Kier alpha value is -1.56. The molecule has 0 atom stereocenters. The van der Waals surface area contributed by atoms with Crippen molar-refractivity contribution < 1.29 is 13.2 Å². The molecule has 0 unspecified atom stereocenters. The molecule has 3 nitrogen and oxygen atoms in total. The zero-order valence-corrected chi connectivity index (χ0v) is 10.2. The van der Waals surface area contributed by atoms with Gasteiger partial charge in [0.15, 0.2) is 0 Å². The van der Waals surface area contributed by atoms with Crippen LogP contribution in [-0.4, -0.2) is 21.8 Å². The highest BCUT2D eigenvalue weighted by atomic mass is 19.4.